The Kier molecular flexibility index (Phi) is 5.00. The molecule has 9 heteroatoms. The van der Waals surface area contributed by atoms with Crippen LogP contribution >= 0.6 is 36.2 Å². The van der Waals surface area contributed by atoms with Crippen molar-refractivity contribution in [2.45, 2.75) is 13.1 Å². The Hall–Kier alpha value is -0.790. The van der Waals surface area contributed by atoms with Crippen LogP contribution in [-0.4, -0.2) is 9.97 Å². The van der Waals surface area contributed by atoms with Crippen molar-refractivity contribution in [2.75, 3.05) is 5.73 Å². The van der Waals surface area contributed by atoms with Gasteiger partial charge in [0.2, 0.25) is 5.82 Å². The summed E-state index contributed by atoms with van der Waals surface area (Å²) < 4.78 is 37.6. The number of hydrogen-bond donors (Lipinski definition) is 1. The minimum absolute atomic E-state index is 0. The molecule has 17 heavy (non-hydrogen) atoms. The largest absolute Gasteiger partial charge is 0.451 e. The Morgan fingerprint density at radius 3 is 2.35 bits per heavy atom. The number of halogens is 5. The molecule has 0 aliphatic carbocycles. The van der Waals surface area contributed by atoms with E-state index < -0.39 is 12.0 Å². The Morgan fingerprint density at radius 2 is 1.82 bits per heavy atom. The van der Waals surface area contributed by atoms with E-state index in [4.69, 9.17) is 5.73 Å². The van der Waals surface area contributed by atoms with Crippen molar-refractivity contribution in [3.63, 3.8) is 0 Å². The van der Waals surface area contributed by atoms with E-state index in [0.29, 0.717) is 10.3 Å². The summed E-state index contributed by atoms with van der Waals surface area (Å²) >= 11 is 1.24. The van der Waals surface area contributed by atoms with E-state index >= 15 is 0 Å². The topological polar surface area (TPSA) is 51.8 Å². The molecule has 0 amide bonds. The van der Waals surface area contributed by atoms with Crippen molar-refractivity contribution in [2.24, 2.45) is 0 Å². The predicted octanol–water partition coefficient (Wildman–Crippen LogP) is 3.44. The van der Waals surface area contributed by atoms with Gasteiger partial charge in [-0.05, 0) is 17.9 Å². The number of nitrogens with zero attached hydrogens (tertiary/aromatic N) is 2. The number of aryl methyl sites for hydroxylation is 1. The highest BCUT2D eigenvalue weighted by molar-refractivity contribution is 7.17. The van der Waals surface area contributed by atoms with Gasteiger partial charge in [0, 0.05) is 0 Å². The van der Waals surface area contributed by atoms with Crippen LogP contribution in [-0.2, 0) is 6.18 Å². The van der Waals surface area contributed by atoms with Gasteiger partial charge in [0.05, 0.1) is 10.2 Å². The van der Waals surface area contributed by atoms with Gasteiger partial charge < -0.3 is 5.73 Å². The second-order valence-electron chi connectivity index (χ2n) is 3.03. The summed E-state index contributed by atoms with van der Waals surface area (Å²) in [4.78, 5) is 6.70. The van der Waals surface area contributed by atoms with E-state index in [-0.39, 0.29) is 36.1 Å². The van der Waals surface area contributed by atoms with Crippen LogP contribution in [0.5, 0.6) is 0 Å². The molecule has 0 atom stereocenters. The molecule has 0 spiro atoms. The number of rotatable bonds is 0. The van der Waals surface area contributed by atoms with Crippen molar-refractivity contribution >= 4 is 52.2 Å². The van der Waals surface area contributed by atoms with Gasteiger partial charge in [0.15, 0.2) is 0 Å². The molecule has 0 saturated carbocycles. The lowest BCUT2D eigenvalue weighted by atomic mass is 10.3. The highest BCUT2D eigenvalue weighted by atomic mass is 35.5. The van der Waals surface area contributed by atoms with Crippen LogP contribution in [0.2, 0.25) is 0 Å². The van der Waals surface area contributed by atoms with Crippen LogP contribution in [0.15, 0.2) is 5.38 Å². The van der Waals surface area contributed by atoms with Crippen molar-refractivity contribution in [1.29, 1.82) is 0 Å². The van der Waals surface area contributed by atoms with E-state index in [9.17, 15) is 13.2 Å². The van der Waals surface area contributed by atoms with Gasteiger partial charge in [0.25, 0.3) is 0 Å². The molecule has 0 aliphatic heterocycles. The zero-order chi connectivity index (χ0) is 11.2. The van der Waals surface area contributed by atoms with Gasteiger partial charge in [-0.25, -0.2) is 9.97 Å². The minimum Gasteiger partial charge on any atom is -0.382 e. The maximum absolute atomic E-state index is 12.4. The summed E-state index contributed by atoms with van der Waals surface area (Å²) in [5, 5.41) is 1.70. The van der Waals surface area contributed by atoms with Crippen LogP contribution in [0.25, 0.3) is 10.2 Å². The molecule has 2 aromatic rings. The number of thiophene rings is 1. The van der Waals surface area contributed by atoms with Gasteiger partial charge in [-0.3, -0.25) is 0 Å². The minimum atomic E-state index is -4.56. The first-order chi connectivity index (χ1) is 6.89. The first-order valence-electron chi connectivity index (χ1n) is 3.98. The van der Waals surface area contributed by atoms with E-state index in [1.165, 1.54) is 11.3 Å². The number of fused-ring (bicyclic) bond motifs is 1. The molecular weight excluding hydrogens is 298 g/mol. The summed E-state index contributed by atoms with van der Waals surface area (Å²) in [5.41, 5.74) is 6.38. The van der Waals surface area contributed by atoms with E-state index in [1.54, 1.807) is 12.3 Å². The number of hydrogen-bond acceptors (Lipinski definition) is 4. The average molecular weight is 306 g/mol. The Balaban J connectivity index is 0.00000128. The molecule has 2 heterocycles. The molecule has 0 aromatic carbocycles. The fraction of sp³-hybridized carbons (Fsp3) is 0.250. The molecule has 2 rings (SSSR count). The maximum atomic E-state index is 12.4. The van der Waals surface area contributed by atoms with Crippen molar-refractivity contribution in [3.8, 4) is 0 Å². The maximum Gasteiger partial charge on any atom is 0.451 e. The molecule has 3 nitrogen and oxygen atoms in total. The van der Waals surface area contributed by atoms with E-state index in [2.05, 4.69) is 9.97 Å². The first kappa shape index (κ1) is 16.2. The number of anilines is 1. The van der Waals surface area contributed by atoms with E-state index in [1.807, 2.05) is 0 Å². The van der Waals surface area contributed by atoms with E-state index in [0.717, 1.165) is 0 Å². The summed E-state index contributed by atoms with van der Waals surface area (Å²) in [6.45, 7) is 1.69. The molecule has 96 valence electrons. The molecular formula is C8H8Cl2F3N3S. The van der Waals surface area contributed by atoms with Crippen molar-refractivity contribution in [3.05, 3.63) is 16.8 Å². The lowest BCUT2D eigenvalue weighted by molar-refractivity contribution is -0.144. The van der Waals surface area contributed by atoms with Crippen LogP contribution in [0.3, 0.4) is 0 Å². The van der Waals surface area contributed by atoms with Gasteiger partial charge in [-0.15, -0.1) is 36.2 Å². The molecule has 0 radical (unpaired) electrons. The monoisotopic (exact) mass is 305 g/mol. The second kappa shape index (κ2) is 5.24. The van der Waals surface area contributed by atoms with Crippen molar-refractivity contribution < 1.29 is 13.2 Å². The van der Waals surface area contributed by atoms with Crippen LogP contribution in [0.4, 0.5) is 19.0 Å². The number of nitrogen functional groups attached to an aromatic ring is 1. The SMILES string of the molecule is Cc1csc2c(N)nc(C(F)(F)F)nc12.Cl.Cl. The third-order valence-electron chi connectivity index (χ3n) is 1.87. The third kappa shape index (κ3) is 2.91. The molecule has 2 N–H and O–H groups in total. The van der Waals surface area contributed by atoms with Crippen LogP contribution in [0.1, 0.15) is 11.4 Å². The highest BCUT2D eigenvalue weighted by Gasteiger charge is 2.35. The smallest absolute Gasteiger partial charge is 0.382 e. The van der Waals surface area contributed by atoms with Gasteiger partial charge in [-0.2, -0.15) is 13.2 Å². The Morgan fingerprint density at radius 1 is 1.24 bits per heavy atom. The summed E-state index contributed by atoms with van der Waals surface area (Å²) in [7, 11) is 0. The standard InChI is InChI=1S/C8H6F3N3S.2ClH/c1-3-2-15-5-4(3)13-7(8(9,10)11)14-6(5)12;;/h2H,1H3,(H2,12,13,14);2*1H. The second-order valence-corrected chi connectivity index (χ2v) is 3.91. The first-order valence-corrected chi connectivity index (χ1v) is 4.86. The molecule has 0 aliphatic rings. The lowest BCUT2D eigenvalue weighted by Gasteiger charge is -2.05. The lowest BCUT2D eigenvalue weighted by Crippen LogP contribution is -2.12. The Bertz CT molecular complexity index is 526. The molecule has 0 unspecified atom stereocenters. The fourth-order valence-electron chi connectivity index (χ4n) is 1.18. The zero-order valence-electron chi connectivity index (χ0n) is 8.41. The normalized spacial score (nSPS) is 10.8. The summed E-state index contributed by atoms with van der Waals surface area (Å²) in [5.74, 6) is -1.31. The number of alkyl halides is 3. The van der Waals surface area contributed by atoms with Crippen LogP contribution < -0.4 is 5.73 Å². The molecule has 0 fully saturated rings. The molecule has 0 bridgehead atoms. The van der Waals surface area contributed by atoms with Crippen molar-refractivity contribution in [1.82, 2.24) is 9.97 Å². The summed E-state index contributed by atoms with van der Waals surface area (Å²) in [6.07, 6.45) is -4.56. The Labute approximate surface area is 111 Å². The fourth-order valence-corrected chi connectivity index (χ4v) is 2.07. The highest BCUT2D eigenvalue weighted by Crippen LogP contribution is 2.32. The van der Waals surface area contributed by atoms with Gasteiger partial charge in [-0.1, -0.05) is 0 Å². The van der Waals surface area contributed by atoms with Gasteiger partial charge in [0.1, 0.15) is 5.82 Å². The molecule has 2 aromatic heterocycles. The predicted molar refractivity (Wildman–Crippen MR) is 66.1 cm³/mol. The van der Waals surface area contributed by atoms with Gasteiger partial charge >= 0.3 is 6.18 Å². The van der Waals surface area contributed by atoms with Crippen LogP contribution in [0, 0.1) is 6.92 Å². The summed E-state index contributed by atoms with van der Waals surface area (Å²) in [6, 6.07) is 0. The number of aromatic nitrogens is 2. The third-order valence-corrected chi connectivity index (χ3v) is 2.98. The quantitative estimate of drug-likeness (QED) is 0.811. The molecule has 0 saturated heterocycles. The zero-order valence-corrected chi connectivity index (χ0v) is 10.9. The number of nitrogens with two attached hydrogens (primary N) is 1. The average Bonchev–Trinajstić information content (AvgIpc) is 2.47.